The number of hydrogen-bond donors (Lipinski definition) is 1. The van der Waals surface area contributed by atoms with E-state index in [4.69, 9.17) is 0 Å². The van der Waals surface area contributed by atoms with Gasteiger partial charge in [-0.1, -0.05) is 0 Å². The fraction of sp³-hybridized carbons (Fsp3) is 0.529. The lowest BCUT2D eigenvalue weighted by Crippen LogP contribution is -2.57. The summed E-state index contributed by atoms with van der Waals surface area (Å²) in [5, 5.41) is 3.27. The van der Waals surface area contributed by atoms with E-state index >= 15 is 0 Å². The van der Waals surface area contributed by atoms with Gasteiger partial charge in [-0.2, -0.15) is 0 Å². The molecule has 0 spiro atoms. The number of aromatic nitrogens is 2. The lowest BCUT2D eigenvalue weighted by molar-refractivity contribution is 0.353. The zero-order chi connectivity index (χ0) is 18.9. The minimum atomic E-state index is -3.08. The van der Waals surface area contributed by atoms with Gasteiger partial charge in [-0.3, -0.25) is 0 Å². The smallest absolute Gasteiger partial charge is 0.194 e. The fourth-order valence-electron chi connectivity index (χ4n) is 3.00. The van der Waals surface area contributed by atoms with Crippen molar-refractivity contribution in [3.05, 3.63) is 34.7 Å². The van der Waals surface area contributed by atoms with Gasteiger partial charge in [0.25, 0.3) is 0 Å². The highest BCUT2D eigenvalue weighted by atomic mass is 79.9. The number of halogens is 1. The first-order valence-electron chi connectivity index (χ1n) is 8.60. The normalized spacial score (nSPS) is 19.7. The second kappa shape index (κ2) is 7.19. The molecule has 2 aromatic heterocycles. The molecule has 142 valence electrons. The van der Waals surface area contributed by atoms with Gasteiger partial charge < -0.3 is 14.6 Å². The maximum Gasteiger partial charge on any atom is 0.194 e. The topological polar surface area (TPSA) is 79.1 Å². The van der Waals surface area contributed by atoms with Crippen molar-refractivity contribution in [3.63, 3.8) is 0 Å². The summed E-state index contributed by atoms with van der Waals surface area (Å²) in [4.78, 5) is 11.3. The molecule has 0 aromatic carbocycles. The summed E-state index contributed by atoms with van der Waals surface area (Å²) < 4.78 is 26.6. The van der Waals surface area contributed by atoms with Gasteiger partial charge in [-0.15, -0.1) is 0 Å². The third-order valence-corrected chi connectivity index (χ3v) is 7.54. The van der Waals surface area contributed by atoms with Crippen molar-refractivity contribution in [2.45, 2.75) is 32.1 Å². The highest BCUT2D eigenvalue weighted by molar-refractivity contribution is 9.10. The number of nitrogens with one attached hydrogen (secondary N) is 1. The molecule has 1 aliphatic rings. The van der Waals surface area contributed by atoms with Crippen molar-refractivity contribution in [2.75, 3.05) is 25.4 Å². The molecule has 0 aliphatic carbocycles. The van der Waals surface area contributed by atoms with Crippen LogP contribution < -0.4 is 5.32 Å². The predicted molar refractivity (Wildman–Crippen MR) is 107 cm³/mol. The average molecular weight is 442 g/mol. The zero-order valence-corrected chi connectivity index (χ0v) is 17.6. The predicted octanol–water partition coefficient (Wildman–Crippen LogP) is 2.07. The highest BCUT2D eigenvalue weighted by Gasteiger charge is 2.40. The summed E-state index contributed by atoms with van der Waals surface area (Å²) in [5.41, 5.74) is 1.73. The zero-order valence-electron chi connectivity index (χ0n) is 15.2. The molecule has 1 aliphatic heterocycles. The summed E-state index contributed by atoms with van der Waals surface area (Å²) >= 11 is 3.45. The summed E-state index contributed by atoms with van der Waals surface area (Å²) in [6.45, 7) is 7.60. The molecular formula is C17H24BrN5O2S. The van der Waals surface area contributed by atoms with Crippen LogP contribution in [0.4, 0.5) is 0 Å². The first kappa shape index (κ1) is 19.2. The molecule has 1 saturated heterocycles. The Morgan fingerprint density at radius 2 is 2.15 bits per heavy atom. The number of pyridine rings is 1. The molecule has 0 saturated carbocycles. The van der Waals surface area contributed by atoms with Crippen LogP contribution in [0.25, 0.3) is 5.65 Å². The number of sulfone groups is 1. The van der Waals surface area contributed by atoms with Gasteiger partial charge >= 0.3 is 0 Å². The van der Waals surface area contributed by atoms with Gasteiger partial charge in [-0.25, -0.2) is 18.4 Å². The van der Waals surface area contributed by atoms with E-state index < -0.39 is 14.6 Å². The highest BCUT2D eigenvalue weighted by Crippen LogP contribution is 2.23. The van der Waals surface area contributed by atoms with Gasteiger partial charge in [0, 0.05) is 36.5 Å². The van der Waals surface area contributed by atoms with Crippen LogP contribution >= 0.6 is 15.9 Å². The Balaban J connectivity index is 1.80. The monoisotopic (exact) mass is 441 g/mol. The van der Waals surface area contributed by atoms with Crippen molar-refractivity contribution in [1.82, 2.24) is 19.6 Å². The van der Waals surface area contributed by atoms with Crippen molar-refractivity contribution in [2.24, 2.45) is 4.99 Å². The molecule has 0 unspecified atom stereocenters. The van der Waals surface area contributed by atoms with E-state index in [9.17, 15) is 8.42 Å². The molecule has 3 heterocycles. The largest absolute Gasteiger partial charge is 0.357 e. The SMILES string of the molecule is CCNC(=NCc1cn2cc(Br)ccc2n1)N1CCS(=O)(=O)C(C)(C)C1. The molecule has 0 atom stereocenters. The molecule has 7 nitrogen and oxygen atoms in total. The molecule has 1 N–H and O–H groups in total. The molecule has 26 heavy (non-hydrogen) atoms. The maximum atomic E-state index is 12.2. The molecule has 0 bridgehead atoms. The van der Waals surface area contributed by atoms with E-state index in [0.29, 0.717) is 19.6 Å². The molecular weight excluding hydrogens is 418 g/mol. The van der Waals surface area contributed by atoms with E-state index in [0.717, 1.165) is 28.3 Å². The Bertz CT molecular complexity index is 936. The molecule has 1 fully saturated rings. The summed E-state index contributed by atoms with van der Waals surface area (Å²) in [6, 6.07) is 3.90. The summed E-state index contributed by atoms with van der Waals surface area (Å²) in [7, 11) is -3.08. The lowest BCUT2D eigenvalue weighted by atomic mass is 10.2. The van der Waals surface area contributed by atoms with E-state index in [1.54, 1.807) is 13.8 Å². The summed E-state index contributed by atoms with van der Waals surface area (Å²) in [6.07, 6.45) is 3.91. The molecule has 3 rings (SSSR count). The number of imidazole rings is 1. The van der Waals surface area contributed by atoms with Gasteiger partial charge in [0.15, 0.2) is 15.8 Å². The second-order valence-corrected chi connectivity index (χ2v) is 10.7. The van der Waals surface area contributed by atoms with Crippen LogP contribution in [0.2, 0.25) is 0 Å². The number of fused-ring (bicyclic) bond motifs is 1. The quantitative estimate of drug-likeness (QED) is 0.582. The Morgan fingerprint density at radius 1 is 1.38 bits per heavy atom. The van der Waals surface area contributed by atoms with Crippen molar-refractivity contribution < 1.29 is 8.42 Å². The second-order valence-electron chi connectivity index (χ2n) is 7.02. The van der Waals surface area contributed by atoms with Crippen LogP contribution in [0.1, 0.15) is 26.5 Å². The molecule has 0 amide bonds. The number of nitrogens with zero attached hydrogens (tertiary/aromatic N) is 4. The van der Waals surface area contributed by atoms with Gasteiger partial charge in [0.05, 0.1) is 22.7 Å². The van der Waals surface area contributed by atoms with Gasteiger partial charge in [-0.05, 0) is 48.8 Å². The third kappa shape index (κ3) is 3.88. The fourth-order valence-corrected chi connectivity index (χ4v) is 4.72. The molecule has 0 radical (unpaired) electrons. The summed E-state index contributed by atoms with van der Waals surface area (Å²) in [5.74, 6) is 0.876. The Morgan fingerprint density at radius 3 is 2.85 bits per heavy atom. The van der Waals surface area contributed by atoms with Crippen LogP contribution in [-0.4, -0.2) is 58.8 Å². The van der Waals surface area contributed by atoms with E-state index in [-0.39, 0.29) is 5.75 Å². The third-order valence-electron chi connectivity index (χ3n) is 4.53. The minimum absolute atomic E-state index is 0.146. The Hall–Kier alpha value is -1.61. The Kier molecular flexibility index (Phi) is 5.30. The minimum Gasteiger partial charge on any atom is -0.357 e. The van der Waals surface area contributed by atoms with Gasteiger partial charge in [0.1, 0.15) is 5.65 Å². The number of hydrogen-bond acceptors (Lipinski definition) is 4. The average Bonchev–Trinajstić information content (AvgIpc) is 2.96. The van der Waals surface area contributed by atoms with E-state index in [2.05, 4.69) is 31.2 Å². The molecule has 2 aromatic rings. The van der Waals surface area contributed by atoms with E-state index in [1.807, 2.05) is 40.8 Å². The Labute approximate surface area is 162 Å². The van der Waals surface area contributed by atoms with Crippen LogP contribution in [0.15, 0.2) is 34.0 Å². The lowest BCUT2D eigenvalue weighted by Gasteiger charge is -2.39. The van der Waals surface area contributed by atoms with Crippen LogP contribution in [0.3, 0.4) is 0 Å². The van der Waals surface area contributed by atoms with Crippen molar-refractivity contribution in [1.29, 1.82) is 0 Å². The van der Waals surface area contributed by atoms with Crippen LogP contribution in [0, 0.1) is 0 Å². The standard InChI is InChI=1S/C17H24BrN5O2S/c1-4-19-16(22-7-8-26(24,25)17(2,3)12-22)20-9-14-11-23-10-13(18)5-6-15(23)21-14/h5-6,10-11H,4,7-9,12H2,1-3H3,(H,19,20). The number of rotatable bonds is 3. The first-order valence-corrected chi connectivity index (χ1v) is 11.0. The number of guanidine groups is 1. The van der Waals surface area contributed by atoms with Gasteiger partial charge in [0.2, 0.25) is 0 Å². The van der Waals surface area contributed by atoms with Crippen molar-refractivity contribution in [3.8, 4) is 0 Å². The van der Waals surface area contributed by atoms with Crippen LogP contribution in [0.5, 0.6) is 0 Å². The molecule has 9 heteroatoms. The maximum absolute atomic E-state index is 12.2. The first-order chi connectivity index (χ1) is 12.2. The van der Waals surface area contributed by atoms with E-state index in [1.165, 1.54) is 0 Å². The van der Waals surface area contributed by atoms with Crippen LogP contribution in [-0.2, 0) is 16.4 Å². The van der Waals surface area contributed by atoms with Crippen molar-refractivity contribution >= 4 is 37.4 Å². The number of aliphatic imine (C=N–C) groups is 1.